The molecule has 7 nitrogen and oxygen atoms in total. The van der Waals surface area contributed by atoms with Crippen LogP contribution in [0.1, 0.15) is 11.3 Å². The highest BCUT2D eigenvalue weighted by Gasteiger charge is 2.34. The van der Waals surface area contributed by atoms with Gasteiger partial charge in [0.25, 0.3) is 0 Å². The minimum atomic E-state index is -4.51. The molecule has 2 aromatic heterocycles. The maximum Gasteiger partial charge on any atom is 0.419 e. The van der Waals surface area contributed by atoms with Crippen LogP contribution in [0.5, 0.6) is 0 Å². The molecule has 140 valence electrons. The molecular formula is C16H19F3N6O. The number of nitrogens with zero attached hydrogens (tertiary/aromatic N) is 3. The van der Waals surface area contributed by atoms with Crippen LogP contribution in [0, 0.1) is 6.92 Å². The van der Waals surface area contributed by atoms with Gasteiger partial charge in [0.05, 0.1) is 42.0 Å². The first-order valence-corrected chi connectivity index (χ1v) is 8.11. The Morgan fingerprint density at radius 3 is 2.65 bits per heavy atom. The van der Waals surface area contributed by atoms with E-state index in [4.69, 9.17) is 4.74 Å². The lowest BCUT2D eigenvalue weighted by Gasteiger charge is -2.25. The largest absolute Gasteiger partial charge is 0.419 e. The minimum Gasteiger partial charge on any atom is -0.382 e. The summed E-state index contributed by atoms with van der Waals surface area (Å²) >= 11 is 0. The molecule has 0 unspecified atom stereocenters. The van der Waals surface area contributed by atoms with Crippen molar-refractivity contribution in [3.05, 3.63) is 35.9 Å². The van der Waals surface area contributed by atoms with Crippen molar-refractivity contribution in [1.82, 2.24) is 20.3 Å². The molecule has 0 radical (unpaired) electrons. The number of alkyl halides is 3. The second-order valence-corrected chi connectivity index (χ2v) is 5.86. The smallest absolute Gasteiger partial charge is 0.382 e. The number of hydrogen-bond acceptors (Lipinski definition) is 7. The van der Waals surface area contributed by atoms with E-state index in [1.807, 2.05) is 0 Å². The molecule has 3 N–H and O–H groups in total. The Balaban J connectivity index is 1.77. The summed E-state index contributed by atoms with van der Waals surface area (Å²) in [5.41, 5.74) is -0.162. The molecule has 2 aromatic rings. The van der Waals surface area contributed by atoms with Crippen LogP contribution >= 0.6 is 0 Å². The zero-order chi connectivity index (χ0) is 18.6. The van der Waals surface area contributed by atoms with Crippen LogP contribution in [0.25, 0.3) is 0 Å². The molecule has 0 bridgehead atoms. The molecule has 1 aliphatic rings. The lowest BCUT2D eigenvalue weighted by molar-refractivity contribution is -0.137. The third kappa shape index (κ3) is 4.79. The molecule has 1 fully saturated rings. The number of hydrogen-bond donors (Lipinski definition) is 3. The summed E-state index contributed by atoms with van der Waals surface area (Å²) in [5, 5.41) is 8.81. The van der Waals surface area contributed by atoms with Crippen molar-refractivity contribution >= 4 is 17.3 Å². The van der Waals surface area contributed by atoms with E-state index >= 15 is 0 Å². The predicted molar refractivity (Wildman–Crippen MR) is 90.4 cm³/mol. The molecule has 1 saturated heterocycles. The van der Waals surface area contributed by atoms with Crippen LogP contribution in [0.2, 0.25) is 0 Å². The minimum absolute atomic E-state index is 0.0655. The predicted octanol–water partition coefficient (Wildman–Crippen LogP) is 2.34. The van der Waals surface area contributed by atoms with Gasteiger partial charge in [-0.05, 0) is 6.92 Å². The molecule has 1 aliphatic heterocycles. The SMILES string of the molecule is Cc1cnc(Nc2cc(NC[C@@H]3CNCCO3)c(C(F)(F)F)cn2)cn1. The molecule has 1 atom stereocenters. The third-order valence-electron chi connectivity index (χ3n) is 3.77. The first kappa shape index (κ1) is 18.3. The number of aromatic nitrogens is 3. The van der Waals surface area contributed by atoms with E-state index in [9.17, 15) is 13.2 Å². The molecule has 3 rings (SSSR count). The van der Waals surface area contributed by atoms with Gasteiger partial charge in [0.15, 0.2) is 0 Å². The van der Waals surface area contributed by atoms with Crippen molar-refractivity contribution in [2.45, 2.75) is 19.2 Å². The van der Waals surface area contributed by atoms with E-state index < -0.39 is 11.7 Å². The van der Waals surface area contributed by atoms with Gasteiger partial charge in [0.2, 0.25) is 0 Å². The average Bonchev–Trinajstić information content (AvgIpc) is 2.62. The Labute approximate surface area is 148 Å². The second kappa shape index (κ2) is 7.83. The molecule has 0 saturated carbocycles. The molecule has 0 amide bonds. The van der Waals surface area contributed by atoms with E-state index in [0.29, 0.717) is 19.0 Å². The molecule has 0 aliphatic carbocycles. The lowest BCUT2D eigenvalue weighted by atomic mass is 10.2. The highest BCUT2D eigenvalue weighted by molar-refractivity contribution is 5.62. The summed E-state index contributed by atoms with van der Waals surface area (Å²) in [6, 6.07) is 1.31. The van der Waals surface area contributed by atoms with Gasteiger partial charge >= 0.3 is 6.18 Å². The molecule has 0 aromatic carbocycles. The Hall–Kier alpha value is -2.46. The Morgan fingerprint density at radius 2 is 2.00 bits per heavy atom. The van der Waals surface area contributed by atoms with Crippen molar-refractivity contribution < 1.29 is 17.9 Å². The van der Waals surface area contributed by atoms with Crippen LogP contribution in [0.15, 0.2) is 24.7 Å². The standard InChI is InChI=1S/C16H19F3N6O/c1-10-5-23-15(9-21-10)25-14-4-13(12(8-24-14)16(17,18)19)22-7-11-6-20-2-3-26-11/h4-5,8-9,11,20H,2-3,6-7H2,1H3,(H2,22,23,24,25)/t11-/m0/s1. The Bertz CT molecular complexity index is 732. The zero-order valence-corrected chi connectivity index (χ0v) is 14.1. The molecule has 0 spiro atoms. The van der Waals surface area contributed by atoms with Crippen LogP contribution < -0.4 is 16.0 Å². The first-order valence-electron chi connectivity index (χ1n) is 8.11. The molecule has 10 heteroatoms. The van der Waals surface area contributed by atoms with Crippen molar-refractivity contribution in [1.29, 1.82) is 0 Å². The van der Waals surface area contributed by atoms with E-state index in [1.54, 1.807) is 13.1 Å². The van der Waals surface area contributed by atoms with Gasteiger partial charge in [0.1, 0.15) is 11.6 Å². The highest BCUT2D eigenvalue weighted by Crippen LogP contribution is 2.35. The summed E-state index contributed by atoms with van der Waals surface area (Å²) in [7, 11) is 0. The fourth-order valence-corrected chi connectivity index (χ4v) is 2.46. The summed E-state index contributed by atoms with van der Waals surface area (Å²) in [6.45, 7) is 3.91. The number of aryl methyl sites for hydroxylation is 1. The zero-order valence-electron chi connectivity index (χ0n) is 14.1. The van der Waals surface area contributed by atoms with Crippen LogP contribution in [0.4, 0.5) is 30.5 Å². The van der Waals surface area contributed by atoms with Gasteiger partial charge in [0, 0.05) is 31.9 Å². The number of ether oxygens (including phenoxy) is 1. The molecular weight excluding hydrogens is 349 g/mol. The van der Waals surface area contributed by atoms with Crippen LogP contribution in [0.3, 0.4) is 0 Å². The number of morpholine rings is 1. The molecule has 26 heavy (non-hydrogen) atoms. The number of rotatable bonds is 5. The third-order valence-corrected chi connectivity index (χ3v) is 3.77. The Kier molecular flexibility index (Phi) is 5.52. The van der Waals surface area contributed by atoms with Gasteiger partial charge in [-0.15, -0.1) is 0 Å². The summed E-state index contributed by atoms with van der Waals surface area (Å²) in [5.74, 6) is 0.634. The van der Waals surface area contributed by atoms with Gasteiger partial charge in [-0.1, -0.05) is 0 Å². The van der Waals surface area contributed by atoms with Crippen molar-refractivity contribution in [2.75, 3.05) is 36.9 Å². The fraction of sp³-hybridized carbons (Fsp3) is 0.438. The quantitative estimate of drug-likeness (QED) is 0.747. The topological polar surface area (TPSA) is 84.0 Å². The number of halogens is 3. The van der Waals surface area contributed by atoms with E-state index in [1.165, 1.54) is 12.3 Å². The Morgan fingerprint density at radius 1 is 1.19 bits per heavy atom. The van der Waals surface area contributed by atoms with E-state index in [0.717, 1.165) is 18.4 Å². The highest BCUT2D eigenvalue weighted by atomic mass is 19.4. The van der Waals surface area contributed by atoms with E-state index in [2.05, 4.69) is 30.9 Å². The summed E-state index contributed by atoms with van der Waals surface area (Å²) < 4.78 is 45.3. The first-order chi connectivity index (χ1) is 12.4. The summed E-state index contributed by atoms with van der Waals surface area (Å²) in [4.78, 5) is 12.0. The summed E-state index contributed by atoms with van der Waals surface area (Å²) in [6.07, 6.45) is -0.866. The van der Waals surface area contributed by atoms with E-state index in [-0.39, 0.29) is 24.2 Å². The van der Waals surface area contributed by atoms with Gasteiger partial charge in [-0.2, -0.15) is 13.2 Å². The van der Waals surface area contributed by atoms with Gasteiger partial charge < -0.3 is 20.7 Å². The maximum absolute atomic E-state index is 13.3. The van der Waals surface area contributed by atoms with Crippen LogP contribution in [-0.4, -0.2) is 47.3 Å². The van der Waals surface area contributed by atoms with Crippen molar-refractivity contribution in [2.24, 2.45) is 0 Å². The number of nitrogens with one attached hydrogen (secondary N) is 3. The van der Waals surface area contributed by atoms with Gasteiger partial charge in [-0.3, -0.25) is 4.98 Å². The van der Waals surface area contributed by atoms with Gasteiger partial charge in [-0.25, -0.2) is 9.97 Å². The van der Waals surface area contributed by atoms with Crippen LogP contribution in [-0.2, 0) is 10.9 Å². The average molecular weight is 368 g/mol. The molecule has 3 heterocycles. The fourth-order valence-electron chi connectivity index (χ4n) is 2.46. The van der Waals surface area contributed by atoms with Crippen molar-refractivity contribution in [3.8, 4) is 0 Å². The number of pyridine rings is 1. The lowest BCUT2D eigenvalue weighted by Crippen LogP contribution is -2.42. The maximum atomic E-state index is 13.3. The monoisotopic (exact) mass is 368 g/mol. The normalized spacial score (nSPS) is 17.8. The van der Waals surface area contributed by atoms with Crippen molar-refractivity contribution in [3.63, 3.8) is 0 Å². The second-order valence-electron chi connectivity index (χ2n) is 5.86. The number of anilines is 3.